The fourth-order valence-corrected chi connectivity index (χ4v) is 1.32. The van der Waals surface area contributed by atoms with E-state index in [4.69, 9.17) is 5.11 Å². The smallest absolute Gasteiger partial charge is 0.394 e. The first-order chi connectivity index (χ1) is 6.93. The van der Waals surface area contributed by atoms with Gasteiger partial charge in [-0.05, 0) is 13.8 Å². The SMILES string of the molecule is Cc1nn(C)c(C)c1CNC(=O)C(=O)O. The molecule has 1 amide bonds. The van der Waals surface area contributed by atoms with E-state index in [1.807, 2.05) is 13.8 Å². The number of amides is 1. The average molecular weight is 211 g/mol. The molecule has 2 N–H and O–H groups in total. The largest absolute Gasteiger partial charge is 0.474 e. The molecule has 82 valence electrons. The van der Waals surface area contributed by atoms with Crippen molar-refractivity contribution in [2.45, 2.75) is 20.4 Å². The minimum Gasteiger partial charge on any atom is -0.474 e. The van der Waals surface area contributed by atoms with Gasteiger partial charge in [0.25, 0.3) is 0 Å². The first kappa shape index (κ1) is 11.2. The van der Waals surface area contributed by atoms with Crippen molar-refractivity contribution < 1.29 is 14.7 Å². The Hall–Kier alpha value is -1.85. The molecule has 1 rings (SSSR count). The third-order valence-corrected chi connectivity index (χ3v) is 2.28. The monoisotopic (exact) mass is 211 g/mol. The Kier molecular flexibility index (Phi) is 3.08. The van der Waals surface area contributed by atoms with Crippen molar-refractivity contribution in [1.82, 2.24) is 15.1 Å². The highest BCUT2D eigenvalue weighted by Gasteiger charge is 2.13. The van der Waals surface area contributed by atoms with E-state index in [2.05, 4.69) is 10.4 Å². The van der Waals surface area contributed by atoms with E-state index in [0.717, 1.165) is 17.0 Å². The van der Waals surface area contributed by atoms with Gasteiger partial charge in [0, 0.05) is 24.8 Å². The molecule has 0 aliphatic rings. The summed E-state index contributed by atoms with van der Waals surface area (Å²) in [6, 6.07) is 0. The molecule has 0 saturated heterocycles. The molecule has 0 aromatic carbocycles. The number of hydrogen-bond acceptors (Lipinski definition) is 3. The van der Waals surface area contributed by atoms with E-state index in [-0.39, 0.29) is 6.54 Å². The zero-order valence-corrected chi connectivity index (χ0v) is 8.87. The molecule has 0 radical (unpaired) electrons. The van der Waals surface area contributed by atoms with Crippen LogP contribution in [0, 0.1) is 13.8 Å². The van der Waals surface area contributed by atoms with Gasteiger partial charge in [0.15, 0.2) is 0 Å². The molecule has 0 aliphatic carbocycles. The van der Waals surface area contributed by atoms with Crippen LogP contribution < -0.4 is 5.32 Å². The Morgan fingerprint density at radius 1 is 1.47 bits per heavy atom. The fourth-order valence-electron chi connectivity index (χ4n) is 1.32. The third kappa shape index (κ3) is 2.34. The maximum Gasteiger partial charge on any atom is 0.394 e. The van der Waals surface area contributed by atoms with Crippen LogP contribution in [0.2, 0.25) is 0 Å². The minimum atomic E-state index is -1.48. The van der Waals surface area contributed by atoms with Crippen LogP contribution in [-0.2, 0) is 23.2 Å². The number of aromatic nitrogens is 2. The van der Waals surface area contributed by atoms with E-state index in [0.29, 0.717) is 0 Å². The van der Waals surface area contributed by atoms with Gasteiger partial charge in [-0.3, -0.25) is 9.48 Å². The summed E-state index contributed by atoms with van der Waals surface area (Å²) < 4.78 is 1.69. The van der Waals surface area contributed by atoms with Crippen LogP contribution in [0.5, 0.6) is 0 Å². The number of nitrogens with one attached hydrogen (secondary N) is 1. The van der Waals surface area contributed by atoms with Crippen molar-refractivity contribution in [2.75, 3.05) is 0 Å². The van der Waals surface area contributed by atoms with Gasteiger partial charge < -0.3 is 10.4 Å². The summed E-state index contributed by atoms with van der Waals surface area (Å²) in [5.74, 6) is -2.48. The molecule has 0 bridgehead atoms. The molecule has 0 atom stereocenters. The second-order valence-electron chi connectivity index (χ2n) is 3.26. The number of rotatable bonds is 2. The highest BCUT2D eigenvalue weighted by molar-refractivity contribution is 6.31. The summed E-state index contributed by atoms with van der Waals surface area (Å²) >= 11 is 0. The van der Waals surface area contributed by atoms with E-state index < -0.39 is 11.9 Å². The molecule has 0 fully saturated rings. The quantitative estimate of drug-likeness (QED) is 0.660. The molecule has 0 aliphatic heterocycles. The number of carbonyl (C=O) groups is 2. The van der Waals surface area contributed by atoms with E-state index in [1.165, 1.54) is 0 Å². The van der Waals surface area contributed by atoms with Gasteiger partial charge in [-0.25, -0.2) is 4.79 Å². The summed E-state index contributed by atoms with van der Waals surface area (Å²) in [6.07, 6.45) is 0. The summed E-state index contributed by atoms with van der Waals surface area (Å²) in [6.45, 7) is 3.87. The van der Waals surface area contributed by atoms with Crippen LogP contribution in [0.15, 0.2) is 0 Å². The molecule has 6 nitrogen and oxygen atoms in total. The van der Waals surface area contributed by atoms with Crippen molar-refractivity contribution in [3.63, 3.8) is 0 Å². The number of aliphatic carboxylic acids is 1. The molecular weight excluding hydrogens is 198 g/mol. The van der Waals surface area contributed by atoms with Gasteiger partial charge in [-0.2, -0.15) is 5.10 Å². The molecule has 0 unspecified atom stereocenters. The lowest BCUT2D eigenvalue weighted by Crippen LogP contribution is -2.30. The topological polar surface area (TPSA) is 84.2 Å². The number of nitrogens with zero attached hydrogens (tertiary/aromatic N) is 2. The standard InChI is InChI=1S/C9H13N3O3/c1-5-7(6(2)12(3)11-5)4-10-8(13)9(14)15/h4H2,1-3H3,(H,10,13)(H,14,15). The van der Waals surface area contributed by atoms with Crippen LogP contribution in [-0.4, -0.2) is 26.8 Å². The molecule has 1 aromatic rings. The molecule has 1 heterocycles. The van der Waals surface area contributed by atoms with Crippen molar-refractivity contribution in [3.8, 4) is 0 Å². The predicted molar refractivity (Wildman–Crippen MR) is 52.2 cm³/mol. The molecule has 15 heavy (non-hydrogen) atoms. The lowest BCUT2D eigenvalue weighted by molar-refractivity contribution is -0.150. The minimum absolute atomic E-state index is 0.191. The maximum absolute atomic E-state index is 10.8. The first-order valence-electron chi connectivity index (χ1n) is 4.43. The van der Waals surface area contributed by atoms with Crippen LogP contribution >= 0.6 is 0 Å². The van der Waals surface area contributed by atoms with Gasteiger partial charge in [-0.1, -0.05) is 0 Å². The van der Waals surface area contributed by atoms with Gasteiger partial charge >= 0.3 is 11.9 Å². The summed E-state index contributed by atoms with van der Waals surface area (Å²) in [4.78, 5) is 21.1. The van der Waals surface area contributed by atoms with Crippen LogP contribution in [0.4, 0.5) is 0 Å². The average Bonchev–Trinajstić information content (AvgIpc) is 2.38. The molecule has 6 heteroatoms. The van der Waals surface area contributed by atoms with Gasteiger partial charge in [0.1, 0.15) is 0 Å². The Morgan fingerprint density at radius 2 is 2.07 bits per heavy atom. The number of carboxylic acids is 1. The molecule has 1 aromatic heterocycles. The predicted octanol–water partition coefficient (Wildman–Crippen LogP) is -0.262. The Morgan fingerprint density at radius 3 is 2.47 bits per heavy atom. The van der Waals surface area contributed by atoms with Crippen LogP contribution in [0.25, 0.3) is 0 Å². The zero-order valence-electron chi connectivity index (χ0n) is 8.87. The Labute approximate surface area is 86.9 Å². The van der Waals surface area contributed by atoms with Gasteiger partial charge in [-0.15, -0.1) is 0 Å². The fraction of sp³-hybridized carbons (Fsp3) is 0.444. The summed E-state index contributed by atoms with van der Waals surface area (Å²) in [5.41, 5.74) is 2.56. The Balaban J connectivity index is 2.73. The van der Waals surface area contributed by atoms with Crippen LogP contribution in [0.3, 0.4) is 0 Å². The normalized spacial score (nSPS) is 10.1. The second kappa shape index (κ2) is 4.12. The number of hydrogen-bond donors (Lipinski definition) is 2. The zero-order chi connectivity index (χ0) is 11.6. The van der Waals surface area contributed by atoms with Crippen molar-refractivity contribution in [3.05, 3.63) is 17.0 Å². The van der Waals surface area contributed by atoms with Gasteiger partial charge in [0.05, 0.1) is 5.69 Å². The van der Waals surface area contributed by atoms with E-state index in [1.54, 1.807) is 11.7 Å². The number of carbonyl (C=O) groups excluding carboxylic acids is 1. The van der Waals surface area contributed by atoms with Crippen molar-refractivity contribution >= 4 is 11.9 Å². The summed E-state index contributed by atoms with van der Waals surface area (Å²) in [5, 5.41) is 14.8. The van der Waals surface area contributed by atoms with Crippen molar-refractivity contribution in [1.29, 1.82) is 0 Å². The van der Waals surface area contributed by atoms with E-state index >= 15 is 0 Å². The number of aryl methyl sites for hydroxylation is 2. The maximum atomic E-state index is 10.8. The Bertz CT molecular complexity index is 409. The second-order valence-corrected chi connectivity index (χ2v) is 3.26. The molecule has 0 saturated carbocycles. The summed E-state index contributed by atoms with van der Waals surface area (Å²) in [7, 11) is 1.80. The van der Waals surface area contributed by atoms with Gasteiger partial charge in [0.2, 0.25) is 0 Å². The highest BCUT2D eigenvalue weighted by atomic mass is 16.4. The van der Waals surface area contributed by atoms with E-state index in [9.17, 15) is 9.59 Å². The lowest BCUT2D eigenvalue weighted by Gasteiger charge is -2.02. The van der Waals surface area contributed by atoms with Crippen molar-refractivity contribution in [2.24, 2.45) is 7.05 Å². The number of carboxylic acid groups (broad SMARTS) is 1. The van der Waals surface area contributed by atoms with Crippen LogP contribution in [0.1, 0.15) is 17.0 Å². The molecular formula is C9H13N3O3. The lowest BCUT2D eigenvalue weighted by atomic mass is 10.2. The molecule has 0 spiro atoms. The third-order valence-electron chi connectivity index (χ3n) is 2.28. The first-order valence-corrected chi connectivity index (χ1v) is 4.43. The highest BCUT2D eigenvalue weighted by Crippen LogP contribution is 2.10.